The Bertz CT molecular complexity index is 1180. The Labute approximate surface area is 234 Å². The predicted octanol–water partition coefficient (Wildman–Crippen LogP) is 2.85. The van der Waals surface area contributed by atoms with Crippen molar-refractivity contribution in [1.29, 1.82) is 0 Å². The molecule has 10 nitrogen and oxygen atoms in total. The van der Waals surface area contributed by atoms with Gasteiger partial charge in [-0.05, 0) is 43.2 Å². The van der Waals surface area contributed by atoms with E-state index in [1.54, 1.807) is 12.1 Å². The number of para-hydroxylation sites is 1. The van der Waals surface area contributed by atoms with E-state index in [4.69, 9.17) is 4.42 Å². The number of aldehydes is 1. The third-order valence-corrected chi connectivity index (χ3v) is 8.00. The summed E-state index contributed by atoms with van der Waals surface area (Å²) in [5, 5.41) is 11.9. The SMILES string of the molecule is CC(C)[C@H](NC(=O)c1cc2ccccc2o1)C(=O)N[C@@H](CC1CCCCC1)C(=O)N[C@H](C=O)C[C@@H]1CCNC1=O. The van der Waals surface area contributed by atoms with Gasteiger partial charge in [0.1, 0.15) is 24.0 Å². The summed E-state index contributed by atoms with van der Waals surface area (Å²) in [4.78, 5) is 63.7. The molecular weight excluding hydrogens is 512 g/mol. The summed E-state index contributed by atoms with van der Waals surface area (Å²) in [6, 6.07) is 6.27. The van der Waals surface area contributed by atoms with Crippen molar-refractivity contribution < 1.29 is 28.4 Å². The number of nitrogens with one attached hydrogen (secondary N) is 4. The molecule has 0 bridgehead atoms. The van der Waals surface area contributed by atoms with Crippen molar-refractivity contribution in [3.05, 3.63) is 36.1 Å². The predicted molar refractivity (Wildman–Crippen MR) is 149 cm³/mol. The van der Waals surface area contributed by atoms with E-state index in [-0.39, 0.29) is 35.8 Å². The first kappa shape index (κ1) is 29.3. The second-order valence-electron chi connectivity index (χ2n) is 11.4. The Morgan fingerprint density at radius 2 is 1.75 bits per heavy atom. The van der Waals surface area contributed by atoms with Crippen molar-refractivity contribution in [1.82, 2.24) is 21.3 Å². The number of amides is 4. The Kier molecular flexibility index (Phi) is 9.95. The van der Waals surface area contributed by atoms with Crippen LogP contribution in [-0.4, -0.2) is 54.6 Å². The van der Waals surface area contributed by atoms with Crippen LogP contribution in [0.1, 0.15) is 75.8 Å². The van der Waals surface area contributed by atoms with Crippen molar-refractivity contribution in [3.8, 4) is 0 Å². The van der Waals surface area contributed by atoms with E-state index in [1.165, 1.54) is 0 Å². The van der Waals surface area contributed by atoms with Crippen LogP contribution in [0.15, 0.2) is 34.7 Å². The van der Waals surface area contributed by atoms with Gasteiger partial charge in [0.15, 0.2) is 5.76 Å². The molecule has 1 aromatic carbocycles. The van der Waals surface area contributed by atoms with Crippen LogP contribution in [0.25, 0.3) is 11.0 Å². The summed E-state index contributed by atoms with van der Waals surface area (Å²) < 4.78 is 5.66. The van der Waals surface area contributed by atoms with Crippen molar-refractivity contribution in [2.24, 2.45) is 17.8 Å². The number of rotatable bonds is 12. The Morgan fingerprint density at radius 3 is 2.40 bits per heavy atom. The summed E-state index contributed by atoms with van der Waals surface area (Å²) in [5.74, 6) is -1.81. The molecule has 1 saturated carbocycles. The number of hydrogen-bond donors (Lipinski definition) is 4. The minimum absolute atomic E-state index is 0.0981. The molecule has 40 heavy (non-hydrogen) atoms. The minimum atomic E-state index is -0.911. The molecule has 2 aliphatic rings. The minimum Gasteiger partial charge on any atom is -0.451 e. The number of hydrogen-bond acceptors (Lipinski definition) is 6. The fourth-order valence-corrected chi connectivity index (χ4v) is 5.70. The van der Waals surface area contributed by atoms with E-state index in [0.717, 1.165) is 37.5 Å². The quantitative estimate of drug-likeness (QED) is 0.298. The molecule has 0 unspecified atom stereocenters. The molecule has 1 aliphatic heterocycles. The maximum Gasteiger partial charge on any atom is 0.287 e. The van der Waals surface area contributed by atoms with E-state index in [0.29, 0.717) is 31.3 Å². The molecule has 1 aromatic heterocycles. The summed E-state index contributed by atoms with van der Waals surface area (Å²) in [6.07, 6.45) is 7.15. The van der Waals surface area contributed by atoms with Gasteiger partial charge in [0.05, 0.1) is 6.04 Å². The van der Waals surface area contributed by atoms with Crippen LogP contribution < -0.4 is 21.3 Å². The van der Waals surface area contributed by atoms with Gasteiger partial charge in [-0.25, -0.2) is 0 Å². The Hall–Kier alpha value is -3.69. The van der Waals surface area contributed by atoms with Crippen molar-refractivity contribution in [2.45, 2.75) is 83.3 Å². The van der Waals surface area contributed by atoms with Crippen molar-refractivity contribution >= 4 is 40.9 Å². The first-order chi connectivity index (χ1) is 19.2. The first-order valence-electron chi connectivity index (χ1n) is 14.4. The molecule has 216 valence electrons. The lowest BCUT2D eigenvalue weighted by Gasteiger charge is -2.29. The monoisotopic (exact) mass is 552 g/mol. The van der Waals surface area contributed by atoms with E-state index in [1.807, 2.05) is 32.0 Å². The maximum absolute atomic E-state index is 13.5. The number of carbonyl (C=O) groups excluding carboxylic acids is 5. The van der Waals surface area contributed by atoms with Gasteiger partial charge in [0, 0.05) is 17.8 Å². The standard InChI is InChI=1S/C30H40N4O6/c1-18(2)26(34-29(38)25-16-20-10-6-7-11-24(20)40-25)30(39)33-23(14-19-8-4-3-5-9-19)28(37)32-22(17-35)15-21-12-13-31-27(21)36/h6-7,10-11,16-19,21-23,26H,3-5,8-9,12-15H2,1-2H3,(H,31,36)(H,32,37)(H,33,39)(H,34,38)/t21-,22-,23-,26-/m0/s1. The molecule has 1 saturated heterocycles. The smallest absolute Gasteiger partial charge is 0.287 e. The van der Waals surface area contributed by atoms with Crippen LogP contribution >= 0.6 is 0 Å². The highest BCUT2D eigenvalue weighted by Crippen LogP contribution is 2.28. The fraction of sp³-hybridized carbons (Fsp3) is 0.567. The number of fused-ring (bicyclic) bond motifs is 1. The molecule has 2 aromatic rings. The maximum atomic E-state index is 13.5. The summed E-state index contributed by atoms with van der Waals surface area (Å²) in [5.41, 5.74) is 0.572. The van der Waals surface area contributed by atoms with E-state index < -0.39 is 35.8 Å². The first-order valence-corrected chi connectivity index (χ1v) is 14.4. The fourth-order valence-electron chi connectivity index (χ4n) is 5.70. The van der Waals surface area contributed by atoms with Gasteiger partial charge < -0.3 is 30.5 Å². The van der Waals surface area contributed by atoms with Crippen LogP contribution in [0.2, 0.25) is 0 Å². The number of furan rings is 1. The van der Waals surface area contributed by atoms with Gasteiger partial charge in [-0.3, -0.25) is 19.2 Å². The number of benzene rings is 1. The van der Waals surface area contributed by atoms with Gasteiger partial charge in [0.2, 0.25) is 17.7 Å². The Balaban J connectivity index is 1.45. The van der Waals surface area contributed by atoms with Crippen molar-refractivity contribution in [2.75, 3.05) is 6.54 Å². The topological polar surface area (TPSA) is 147 Å². The van der Waals surface area contributed by atoms with Crippen molar-refractivity contribution in [3.63, 3.8) is 0 Å². The highest BCUT2D eigenvalue weighted by molar-refractivity contribution is 5.99. The lowest BCUT2D eigenvalue weighted by Crippen LogP contribution is -2.57. The molecule has 4 N–H and O–H groups in total. The van der Waals surface area contributed by atoms with Gasteiger partial charge in [-0.1, -0.05) is 64.2 Å². The zero-order chi connectivity index (χ0) is 28.6. The second kappa shape index (κ2) is 13.6. The molecule has 4 rings (SSSR count). The molecule has 0 radical (unpaired) electrons. The molecule has 0 spiro atoms. The lowest BCUT2D eigenvalue weighted by atomic mass is 9.84. The van der Waals surface area contributed by atoms with E-state index in [2.05, 4.69) is 21.3 Å². The van der Waals surface area contributed by atoms with Gasteiger partial charge in [-0.2, -0.15) is 0 Å². The highest BCUT2D eigenvalue weighted by atomic mass is 16.3. The Morgan fingerprint density at radius 1 is 1.00 bits per heavy atom. The average molecular weight is 553 g/mol. The molecule has 2 heterocycles. The van der Waals surface area contributed by atoms with Crippen LogP contribution in [-0.2, 0) is 19.2 Å². The van der Waals surface area contributed by atoms with Crippen LogP contribution in [0, 0.1) is 17.8 Å². The van der Waals surface area contributed by atoms with Crippen LogP contribution in [0.3, 0.4) is 0 Å². The third-order valence-electron chi connectivity index (χ3n) is 8.00. The zero-order valence-electron chi connectivity index (χ0n) is 23.2. The molecule has 4 amide bonds. The van der Waals surface area contributed by atoms with Crippen LogP contribution in [0.5, 0.6) is 0 Å². The molecule has 2 fully saturated rings. The van der Waals surface area contributed by atoms with Gasteiger partial charge in [-0.15, -0.1) is 0 Å². The lowest BCUT2D eigenvalue weighted by molar-refractivity contribution is -0.132. The third kappa shape index (κ3) is 7.49. The summed E-state index contributed by atoms with van der Waals surface area (Å²) in [6.45, 7) is 4.18. The molecule has 10 heteroatoms. The molecule has 4 atom stereocenters. The van der Waals surface area contributed by atoms with E-state index in [9.17, 15) is 24.0 Å². The van der Waals surface area contributed by atoms with Crippen LogP contribution in [0.4, 0.5) is 0 Å². The average Bonchev–Trinajstić information content (AvgIpc) is 3.57. The summed E-state index contributed by atoms with van der Waals surface area (Å²) in [7, 11) is 0. The second-order valence-corrected chi connectivity index (χ2v) is 11.4. The normalized spacial score (nSPS) is 20.0. The van der Waals surface area contributed by atoms with Gasteiger partial charge >= 0.3 is 0 Å². The number of carbonyl (C=O) groups is 5. The van der Waals surface area contributed by atoms with E-state index >= 15 is 0 Å². The molecule has 1 aliphatic carbocycles. The molecular formula is C30H40N4O6. The van der Waals surface area contributed by atoms with Gasteiger partial charge in [0.25, 0.3) is 5.91 Å². The highest BCUT2D eigenvalue weighted by Gasteiger charge is 2.33. The largest absolute Gasteiger partial charge is 0.451 e. The summed E-state index contributed by atoms with van der Waals surface area (Å²) >= 11 is 0. The zero-order valence-corrected chi connectivity index (χ0v) is 23.2.